The van der Waals surface area contributed by atoms with Crippen molar-refractivity contribution in [3.05, 3.63) is 29.8 Å². The van der Waals surface area contributed by atoms with Gasteiger partial charge in [-0.05, 0) is 49.8 Å². The highest BCUT2D eigenvalue weighted by Gasteiger charge is 2.50. The number of halogens is 1. The lowest BCUT2D eigenvalue weighted by Gasteiger charge is -2.43. The lowest BCUT2D eigenvalue weighted by Crippen LogP contribution is -2.54. The standard InChI is InChI=1S/C21H27FN2O3/c1-27-17-5-3-16(4-6-17)14-24-15-20(13-18(24)25)9-11-23(12-10-20)19(26)21(22)7-2-8-21/h3-6H,2,7-15H2,1H3. The molecule has 0 N–H and O–H groups in total. The molecule has 6 heteroatoms. The predicted molar refractivity (Wildman–Crippen MR) is 99.0 cm³/mol. The summed E-state index contributed by atoms with van der Waals surface area (Å²) in [6, 6.07) is 7.78. The Morgan fingerprint density at radius 3 is 2.37 bits per heavy atom. The van der Waals surface area contributed by atoms with Crippen molar-refractivity contribution in [2.45, 2.75) is 50.7 Å². The Morgan fingerprint density at radius 2 is 1.81 bits per heavy atom. The van der Waals surface area contributed by atoms with E-state index in [1.54, 1.807) is 12.0 Å². The summed E-state index contributed by atoms with van der Waals surface area (Å²) in [6.07, 6.45) is 3.61. The Morgan fingerprint density at radius 1 is 1.15 bits per heavy atom. The van der Waals surface area contributed by atoms with E-state index in [1.165, 1.54) is 0 Å². The summed E-state index contributed by atoms with van der Waals surface area (Å²) in [5, 5.41) is 0. The Bertz CT molecular complexity index is 721. The zero-order chi connectivity index (χ0) is 19.1. The molecule has 3 aliphatic rings. The smallest absolute Gasteiger partial charge is 0.260 e. The van der Waals surface area contributed by atoms with Gasteiger partial charge in [-0.2, -0.15) is 0 Å². The van der Waals surface area contributed by atoms with Crippen LogP contribution in [-0.4, -0.2) is 54.0 Å². The number of alkyl halides is 1. The highest BCUT2D eigenvalue weighted by Crippen LogP contribution is 2.43. The Kier molecular flexibility index (Phi) is 4.60. The molecule has 2 heterocycles. The summed E-state index contributed by atoms with van der Waals surface area (Å²) < 4.78 is 19.6. The second-order valence-corrected chi connectivity index (χ2v) is 8.39. The molecule has 27 heavy (non-hydrogen) atoms. The Hall–Kier alpha value is -2.11. The zero-order valence-electron chi connectivity index (χ0n) is 15.9. The molecule has 1 aromatic rings. The van der Waals surface area contributed by atoms with Crippen molar-refractivity contribution in [2.75, 3.05) is 26.7 Å². The summed E-state index contributed by atoms with van der Waals surface area (Å²) in [7, 11) is 1.63. The topological polar surface area (TPSA) is 49.9 Å². The maximum absolute atomic E-state index is 14.4. The molecule has 2 amide bonds. The molecule has 1 aliphatic carbocycles. The Balaban J connectivity index is 1.35. The average Bonchev–Trinajstić information content (AvgIpc) is 2.95. The average molecular weight is 374 g/mol. The van der Waals surface area contributed by atoms with E-state index in [2.05, 4.69) is 0 Å². The molecule has 0 radical (unpaired) electrons. The van der Waals surface area contributed by atoms with E-state index in [-0.39, 0.29) is 17.2 Å². The maximum Gasteiger partial charge on any atom is 0.260 e. The molecule has 3 fully saturated rings. The largest absolute Gasteiger partial charge is 0.497 e. The van der Waals surface area contributed by atoms with Gasteiger partial charge in [-0.25, -0.2) is 4.39 Å². The summed E-state index contributed by atoms with van der Waals surface area (Å²) >= 11 is 0. The first kappa shape index (κ1) is 18.3. The van der Waals surface area contributed by atoms with Crippen molar-refractivity contribution in [3.63, 3.8) is 0 Å². The molecule has 2 aliphatic heterocycles. The van der Waals surface area contributed by atoms with Crippen molar-refractivity contribution in [2.24, 2.45) is 5.41 Å². The number of benzene rings is 1. The van der Waals surface area contributed by atoms with Crippen LogP contribution in [0.5, 0.6) is 5.75 Å². The van der Waals surface area contributed by atoms with Crippen LogP contribution in [0.2, 0.25) is 0 Å². The molecule has 0 unspecified atom stereocenters. The predicted octanol–water partition coefficient (Wildman–Crippen LogP) is 2.93. The van der Waals surface area contributed by atoms with Crippen LogP contribution in [0.15, 0.2) is 24.3 Å². The molecule has 1 saturated carbocycles. The molecule has 0 atom stereocenters. The van der Waals surface area contributed by atoms with Gasteiger partial charge in [0.15, 0.2) is 5.67 Å². The van der Waals surface area contributed by atoms with E-state index < -0.39 is 5.67 Å². The van der Waals surface area contributed by atoms with Crippen molar-refractivity contribution >= 4 is 11.8 Å². The molecule has 0 bridgehead atoms. The number of methoxy groups -OCH3 is 1. The van der Waals surface area contributed by atoms with Crippen LogP contribution < -0.4 is 4.74 Å². The van der Waals surface area contributed by atoms with Gasteiger partial charge in [-0.3, -0.25) is 9.59 Å². The van der Waals surface area contributed by atoms with Crippen LogP contribution in [0.1, 0.15) is 44.1 Å². The number of carbonyl (C=O) groups is 2. The fraction of sp³-hybridized carbons (Fsp3) is 0.619. The third-order valence-corrected chi connectivity index (χ3v) is 6.58. The third-order valence-electron chi connectivity index (χ3n) is 6.58. The Labute approximate surface area is 159 Å². The fourth-order valence-electron chi connectivity index (χ4n) is 4.58. The first-order valence-electron chi connectivity index (χ1n) is 9.82. The number of carbonyl (C=O) groups excluding carboxylic acids is 2. The molecule has 2 saturated heterocycles. The molecule has 5 nitrogen and oxygen atoms in total. The third kappa shape index (κ3) is 3.42. The van der Waals surface area contributed by atoms with Gasteiger partial charge in [0, 0.05) is 38.0 Å². The van der Waals surface area contributed by atoms with Crippen molar-refractivity contribution in [3.8, 4) is 5.75 Å². The number of piperidine rings is 1. The number of nitrogens with zero attached hydrogens (tertiary/aromatic N) is 2. The van der Waals surface area contributed by atoms with E-state index in [0.717, 1.165) is 37.1 Å². The molecular weight excluding hydrogens is 347 g/mol. The summed E-state index contributed by atoms with van der Waals surface area (Å²) in [5.74, 6) is 0.645. The highest BCUT2D eigenvalue weighted by molar-refractivity contribution is 5.86. The number of amides is 2. The number of ether oxygens (including phenoxy) is 1. The van der Waals surface area contributed by atoms with Gasteiger partial charge in [0.2, 0.25) is 5.91 Å². The normalized spacial score (nSPS) is 23.4. The number of hydrogen-bond acceptors (Lipinski definition) is 3. The number of rotatable bonds is 4. The monoisotopic (exact) mass is 374 g/mol. The molecule has 0 aromatic heterocycles. The molecular formula is C21H27FN2O3. The van der Waals surface area contributed by atoms with E-state index in [0.29, 0.717) is 38.9 Å². The minimum Gasteiger partial charge on any atom is -0.497 e. The van der Waals surface area contributed by atoms with Gasteiger partial charge in [0.1, 0.15) is 5.75 Å². The van der Waals surface area contributed by atoms with Crippen molar-refractivity contribution in [1.82, 2.24) is 9.80 Å². The summed E-state index contributed by atoms with van der Waals surface area (Å²) in [6.45, 7) is 2.45. The van der Waals surface area contributed by atoms with Gasteiger partial charge in [-0.15, -0.1) is 0 Å². The van der Waals surface area contributed by atoms with Gasteiger partial charge < -0.3 is 14.5 Å². The fourth-order valence-corrected chi connectivity index (χ4v) is 4.58. The second kappa shape index (κ2) is 6.80. The number of likely N-dealkylation sites (tertiary alicyclic amines) is 2. The lowest BCUT2D eigenvalue weighted by atomic mass is 9.76. The first-order valence-corrected chi connectivity index (χ1v) is 9.82. The molecule has 4 rings (SSSR count). The second-order valence-electron chi connectivity index (χ2n) is 8.39. The minimum absolute atomic E-state index is 0.0660. The summed E-state index contributed by atoms with van der Waals surface area (Å²) in [4.78, 5) is 28.6. The van der Waals surface area contributed by atoms with Crippen LogP contribution in [0.25, 0.3) is 0 Å². The minimum atomic E-state index is -1.61. The quantitative estimate of drug-likeness (QED) is 0.814. The van der Waals surface area contributed by atoms with E-state index in [9.17, 15) is 14.0 Å². The van der Waals surface area contributed by atoms with Crippen molar-refractivity contribution in [1.29, 1.82) is 0 Å². The van der Waals surface area contributed by atoms with E-state index in [1.807, 2.05) is 29.2 Å². The zero-order valence-corrected chi connectivity index (χ0v) is 15.9. The van der Waals surface area contributed by atoms with Crippen LogP contribution in [0, 0.1) is 5.41 Å². The lowest BCUT2D eigenvalue weighted by molar-refractivity contribution is -0.152. The molecule has 146 valence electrons. The maximum atomic E-state index is 14.4. The molecule has 1 spiro atoms. The van der Waals surface area contributed by atoms with Gasteiger partial charge >= 0.3 is 0 Å². The highest BCUT2D eigenvalue weighted by atomic mass is 19.1. The molecule has 1 aromatic carbocycles. The van der Waals surface area contributed by atoms with Crippen molar-refractivity contribution < 1.29 is 18.7 Å². The van der Waals surface area contributed by atoms with Gasteiger partial charge in [0.05, 0.1) is 7.11 Å². The van der Waals surface area contributed by atoms with Crippen LogP contribution in [0.4, 0.5) is 4.39 Å². The number of hydrogen-bond donors (Lipinski definition) is 0. The van der Waals surface area contributed by atoms with Gasteiger partial charge in [-0.1, -0.05) is 12.1 Å². The van der Waals surface area contributed by atoms with E-state index >= 15 is 0 Å². The first-order chi connectivity index (χ1) is 12.9. The van der Waals surface area contributed by atoms with Gasteiger partial charge in [0.25, 0.3) is 5.91 Å². The van der Waals surface area contributed by atoms with Crippen LogP contribution in [0.3, 0.4) is 0 Å². The van der Waals surface area contributed by atoms with E-state index in [4.69, 9.17) is 4.74 Å². The van der Waals surface area contributed by atoms with Crippen LogP contribution >= 0.6 is 0 Å². The summed E-state index contributed by atoms with van der Waals surface area (Å²) in [5.41, 5.74) is -0.599. The van der Waals surface area contributed by atoms with Crippen LogP contribution in [-0.2, 0) is 16.1 Å². The SMILES string of the molecule is COc1ccc(CN2CC3(CCN(C(=O)C4(F)CCC4)CC3)CC2=O)cc1.